The Morgan fingerprint density at radius 1 is 1.45 bits per heavy atom. The van der Waals surface area contributed by atoms with Crippen LogP contribution in [0.5, 0.6) is 0 Å². The number of carboxylic acid groups (broad SMARTS) is 1. The zero-order valence-corrected chi connectivity index (χ0v) is 11.5. The maximum Gasteiger partial charge on any atom is 0.409 e. The van der Waals surface area contributed by atoms with Crippen LogP contribution in [0.2, 0.25) is 0 Å². The molecular weight excluding hydrogens is 262 g/mol. The average molecular weight is 279 g/mol. The monoisotopic (exact) mass is 279 g/mol. The Balaban J connectivity index is 2.49. The van der Waals surface area contributed by atoms with E-state index < -0.39 is 18.3 Å². The van der Waals surface area contributed by atoms with Gasteiger partial charge < -0.3 is 14.6 Å². The third kappa shape index (κ3) is 2.46. The first-order valence-corrected chi connectivity index (χ1v) is 6.41. The lowest BCUT2D eigenvalue weighted by molar-refractivity contribution is -0.0302. The molecule has 1 aliphatic rings. The predicted octanol–water partition coefficient (Wildman–Crippen LogP) is 2.04. The highest BCUT2D eigenvalue weighted by Crippen LogP contribution is 2.33. The smallest absolute Gasteiger partial charge is 0.409 e. The fourth-order valence-corrected chi connectivity index (χ4v) is 2.46. The molecule has 6 nitrogen and oxygen atoms in total. The molecule has 1 unspecified atom stereocenters. The van der Waals surface area contributed by atoms with Crippen molar-refractivity contribution in [2.75, 3.05) is 20.3 Å². The maximum absolute atomic E-state index is 12.0. The Morgan fingerprint density at radius 3 is 2.80 bits per heavy atom. The van der Waals surface area contributed by atoms with E-state index in [0.29, 0.717) is 24.1 Å². The maximum atomic E-state index is 12.0. The Labute approximate surface area is 116 Å². The summed E-state index contributed by atoms with van der Waals surface area (Å²) >= 11 is 0. The molecule has 108 valence electrons. The molecule has 0 saturated carbocycles. The average Bonchev–Trinajstić information content (AvgIpc) is 2.45. The highest BCUT2D eigenvalue weighted by atomic mass is 16.5. The van der Waals surface area contributed by atoms with Crippen molar-refractivity contribution in [1.29, 1.82) is 0 Å². The number of carbonyl (C=O) groups is 2. The van der Waals surface area contributed by atoms with Crippen molar-refractivity contribution in [3.63, 3.8) is 0 Å². The van der Waals surface area contributed by atoms with Gasteiger partial charge in [-0.2, -0.15) is 0 Å². The van der Waals surface area contributed by atoms with Crippen LogP contribution in [0.3, 0.4) is 0 Å². The lowest BCUT2D eigenvalue weighted by atomic mass is 9.93. The van der Waals surface area contributed by atoms with Crippen LogP contribution in [-0.4, -0.2) is 42.3 Å². The molecule has 1 aromatic carbocycles. The number of carbonyl (C=O) groups excluding carboxylic acids is 1. The first-order chi connectivity index (χ1) is 9.60. The second-order valence-corrected chi connectivity index (χ2v) is 4.41. The number of hydrogen-bond donors (Lipinski definition) is 1. The fourth-order valence-electron chi connectivity index (χ4n) is 2.46. The van der Waals surface area contributed by atoms with E-state index in [1.165, 1.54) is 12.0 Å². The van der Waals surface area contributed by atoms with Gasteiger partial charge in [-0.15, -0.1) is 0 Å². The van der Waals surface area contributed by atoms with E-state index in [-0.39, 0.29) is 6.61 Å². The summed E-state index contributed by atoms with van der Waals surface area (Å²) in [5.41, 5.74) is 1.86. The van der Waals surface area contributed by atoms with Gasteiger partial charge in [-0.25, -0.2) is 9.59 Å². The van der Waals surface area contributed by atoms with Gasteiger partial charge in [0.05, 0.1) is 12.2 Å². The number of rotatable bonds is 3. The molecule has 0 aliphatic carbocycles. The molecular formula is C14H17NO5. The van der Waals surface area contributed by atoms with E-state index in [1.807, 2.05) is 6.07 Å². The van der Waals surface area contributed by atoms with Crippen molar-refractivity contribution in [2.24, 2.45) is 0 Å². The number of benzene rings is 1. The molecule has 1 amide bonds. The van der Waals surface area contributed by atoms with Gasteiger partial charge in [-0.3, -0.25) is 4.90 Å². The number of methoxy groups -OCH3 is 1. The molecule has 6 heteroatoms. The molecule has 1 aromatic rings. The number of ether oxygens (including phenoxy) is 2. The van der Waals surface area contributed by atoms with Gasteiger partial charge in [-0.1, -0.05) is 12.1 Å². The Bertz CT molecular complexity index is 528. The van der Waals surface area contributed by atoms with Gasteiger partial charge in [0.2, 0.25) is 0 Å². The van der Waals surface area contributed by atoms with Crippen LogP contribution in [0.1, 0.15) is 34.6 Å². The van der Waals surface area contributed by atoms with Gasteiger partial charge in [0.1, 0.15) is 0 Å². The number of fused-ring (bicyclic) bond motifs is 1. The van der Waals surface area contributed by atoms with Crippen LogP contribution < -0.4 is 0 Å². The molecule has 2 rings (SSSR count). The summed E-state index contributed by atoms with van der Waals surface area (Å²) in [6.45, 7) is 2.33. The summed E-state index contributed by atoms with van der Waals surface area (Å²) < 4.78 is 10.3. The number of esters is 1. The minimum atomic E-state index is -1.07. The molecule has 0 aromatic heterocycles. The topological polar surface area (TPSA) is 76.1 Å². The SMILES string of the molecule is CCOC(=O)c1cccc2c1C(OC)N(C(=O)O)CC2. The molecule has 1 aliphatic heterocycles. The van der Waals surface area contributed by atoms with Gasteiger partial charge in [-0.05, 0) is 25.0 Å². The Morgan fingerprint density at radius 2 is 2.20 bits per heavy atom. The quantitative estimate of drug-likeness (QED) is 0.857. The Hall–Kier alpha value is -2.08. The van der Waals surface area contributed by atoms with Crippen LogP contribution in [-0.2, 0) is 15.9 Å². The third-order valence-electron chi connectivity index (χ3n) is 3.31. The first kappa shape index (κ1) is 14.3. The summed E-state index contributed by atoms with van der Waals surface area (Å²) in [6.07, 6.45) is -1.30. The molecule has 0 spiro atoms. The summed E-state index contributed by atoms with van der Waals surface area (Å²) in [7, 11) is 1.43. The van der Waals surface area contributed by atoms with E-state index in [9.17, 15) is 14.7 Å². The van der Waals surface area contributed by atoms with Crippen LogP contribution in [0, 0.1) is 0 Å². The van der Waals surface area contributed by atoms with E-state index in [0.717, 1.165) is 5.56 Å². The molecule has 1 atom stereocenters. The standard InChI is InChI=1S/C14H17NO5/c1-3-20-13(16)10-6-4-5-9-7-8-15(14(17)18)12(19-2)11(9)10/h4-6,12H,3,7-8H2,1-2H3,(H,17,18). The highest BCUT2D eigenvalue weighted by Gasteiger charge is 2.34. The summed E-state index contributed by atoms with van der Waals surface area (Å²) in [5, 5.41) is 9.23. The zero-order chi connectivity index (χ0) is 14.7. The predicted molar refractivity (Wildman–Crippen MR) is 70.6 cm³/mol. The van der Waals surface area contributed by atoms with Crippen molar-refractivity contribution in [3.8, 4) is 0 Å². The highest BCUT2D eigenvalue weighted by molar-refractivity contribution is 5.92. The van der Waals surface area contributed by atoms with Crippen molar-refractivity contribution in [3.05, 3.63) is 34.9 Å². The van der Waals surface area contributed by atoms with Crippen molar-refractivity contribution < 1.29 is 24.2 Å². The van der Waals surface area contributed by atoms with Crippen LogP contribution in [0.4, 0.5) is 4.79 Å². The number of nitrogens with zero attached hydrogens (tertiary/aromatic N) is 1. The summed E-state index contributed by atoms with van der Waals surface area (Å²) in [5.74, 6) is -0.460. The van der Waals surface area contributed by atoms with Gasteiger partial charge in [0.25, 0.3) is 0 Å². The molecule has 0 radical (unpaired) electrons. The van der Waals surface area contributed by atoms with Gasteiger partial charge >= 0.3 is 12.1 Å². The molecule has 0 saturated heterocycles. The lowest BCUT2D eigenvalue weighted by Gasteiger charge is -2.35. The minimum Gasteiger partial charge on any atom is -0.465 e. The van der Waals surface area contributed by atoms with Crippen molar-refractivity contribution >= 4 is 12.1 Å². The second kappa shape index (κ2) is 5.92. The van der Waals surface area contributed by atoms with E-state index in [4.69, 9.17) is 9.47 Å². The first-order valence-electron chi connectivity index (χ1n) is 6.41. The summed E-state index contributed by atoms with van der Waals surface area (Å²) in [4.78, 5) is 24.5. The molecule has 20 heavy (non-hydrogen) atoms. The van der Waals surface area contributed by atoms with Crippen molar-refractivity contribution in [2.45, 2.75) is 19.6 Å². The number of amides is 1. The largest absolute Gasteiger partial charge is 0.465 e. The fraction of sp³-hybridized carbons (Fsp3) is 0.429. The van der Waals surface area contributed by atoms with E-state index >= 15 is 0 Å². The molecule has 0 fully saturated rings. The third-order valence-corrected chi connectivity index (χ3v) is 3.31. The zero-order valence-electron chi connectivity index (χ0n) is 11.5. The summed E-state index contributed by atoms with van der Waals surface area (Å²) in [6, 6.07) is 5.28. The normalized spacial score (nSPS) is 17.5. The molecule has 0 bridgehead atoms. The second-order valence-electron chi connectivity index (χ2n) is 4.41. The Kier molecular flexibility index (Phi) is 4.24. The van der Waals surface area contributed by atoms with E-state index in [2.05, 4.69) is 0 Å². The van der Waals surface area contributed by atoms with Crippen LogP contribution in [0.15, 0.2) is 18.2 Å². The molecule has 1 N–H and O–H groups in total. The lowest BCUT2D eigenvalue weighted by Crippen LogP contribution is -2.41. The minimum absolute atomic E-state index is 0.267. The van der Waals surface area contributed by atoms with Crippen LogP contribution in [0.25, 0.3) is 0 Å². The molecule has 1 heterocycles. The van der Waals surface area contributed by atoms with Gasteiger partial charge in [0.15, 0.2) is 6.23 Å². The van der Waals surface area contributed by atoms with Crippen molar-refractivity contribution in [1.82, 2.24) is 4.90 Å². The van der Waals surface area contributed by atoms with Gasteiger partial charge in [0, 0.05) is 19.2 Å². The van der Waals surface area contributed by atoms with E-state index in [1.54, 1.807) is 19.1 Å². The number of hydrogen-bond acceptors (Lipinski definition) is 4. The van der Waals surface area contributed by atoms with Crippen LogP contribution >= 0.6 is 0 Å².